The molecule has 14 heavy (non-hydrogen) atoms. The van der Waals surface area contributed by atoms with Crippen LogP contribution in [0.15, 0.2) is 4.42 Å². The van der Waals surface area contributed by atoms with E-state index in [2.05, 4.69) is 31.2 Å². The van der Waals surface area contributed by atoms with E-state index in [1.165, 1.54) is 10.4 Å². The summed E-state index contributed by atoms with van der Waals surface area (Å²) < 4.78 is 5.80. The Morgan fingerprint density at radius 3 is 2.79 bits per heavy atom. The SMILES string of the molecule is CC1C=c2c(oc3c2=CCCC=3)=CC1. The van der Waals surface area contributed by atoms with Crippen molar-refractivity contribution in [2.45, 2.75) is 26.2 Å². The molecular weight excluding hydrogens is 172 g/mol. The van der Waals surface area contributed by atoms with Crippen LogP contribution in [0, 0.1) is 5.92 Å². The predicted octanol–water partition coefficient (Wildman–Crippen LogP) is 0.235. The van der Waals surface area contributed by atoms with Gasteiger partial charge in [0.25, 0.3) is 0 Å². The Balaban J connectivity index is 2.53. The first kappa shape index (κ1) is 8.10. The average molecular weight is 186 g/mol. The van der Waals surface area contributed by atoms with Crippen molar-refractivity contribution in [2.75, 3.05) is 0 Å². The van der Waals surface area contributed by atoms with E-state index in [0.717, 1.165) is 30.1 Å². The van der Waals surface area contributed by atoms with Crippen LogP contribution < -0.4 is 21.3 Å². The van der Waals surface area contributed by atoms with Crippen LogP contribution in [0.1, 0.15) is 26.2 Å². The monoisotopic (exact) mass is 186 g/mol. The van der Waals surface area contributed by atoms with Crippen molar-refractivity contribution < 1.29 is 4.42 Å². The third kappa shape index (κ3) is 1.08. The van der Waals surface area contributed by atoms with E-state index in [1.54, 1.807) is 0 Å². The number of fused-ring (bicyclic) bond motifs is 3. The van der Waals surface area contributed by atoms with Gasteiger partial charge in [-0.3, -0.25) is 0 Å². The molecular formula is C13H14O. The second-order valence-electron chi connectivity index (χ2n) is 4.23. The van der Waals surface area contributed by atoms with Gasteiger partial charge in [-0.05, 0) is 37.3 Å². The van der Waals surface area contributed by atoms with Crippen molar-refractivity contribution in [1.29, 1.82) is 0 Å². The van der Waals surface area contributed by atoms with Gasteiger partial charge in [0.05, 0.1) is 0 Å². The number of hydrogen-bond acceptors (Lipinski definition) is 1. The molecule has 0 amide bonds. The van der Waals surface area contributed by atoms with Crippen molar-refractivity contribution >= 4 is 24.3 Å². The molecule has 0 fully saturated rings. The quantitative estimate of drug-likeness (QED) is 0.565. The van der Waals surface area contributed by atoms with Gasteiger partial charge in [0.2, 0.25) is 0 Å². The van der Waals surface area contributed by atoms with Crippen LogP contribution in [0.2, 0.25) is 0 Å². The summed E-state index contributed by atoms with van der Waals surface area (Å²) in [7, 11) is 0. The lowest BCUT2D eigenvalue weighted by Crippen LogP contribution is -2.40. The second-order valence-corrected chi connectivity index (χ2v) is 4.23. The van der Waals surface area contributed by atoms with Gasteiger partial charge in [-0.25, -0.2) is 0 Å². The first-order valence-corrected chi connectivity index (χ1v) is 5.36. The first-order chi connectivity index (χ1) is 6.84. The van der Waals surface area contributed by atoms with Crippen LogP contribution in [0.5, 0.6) is 0 Å². The molecule has 72 valence electrons. The topological polar surface area (TPSA) is 13.1 Å². The maximum Gasteiger partial charge on any atom is 0.131 e. The summed E-state index contributed by atoms with van der Waals surface area (Å²) in [4.78, 5) is 0. The molecule has 1 nitrogen and oxygen atoms in total. The molecule has 0 bridgehead atoms. The van der Waals surface area contributed by atoms with Gasteiger partial charge in [-0.1, -0.05) is 19.1 Å². The summed E-state index contributed by atoms with van der Waals surface area (Å²) >= 11 is 0. The molecule has 1 atom stereocenters. The predicted molar refractivity (Wildman–Crippen MR) is 58.1 cm³/mol. The Bertz CT molecular complexity index is 586. The van der Waals surface area contributed by atoms with Gasteiger partial charge in [-0.15, -0.1) is 0 Å². The molecule has 0 saturated carbocycles. The first-order valence-electron chi connectivity index (χ1n) is 5.36. The largest absolute Gasteiger partial charge is 0.457 e. The van der Waals surface area contributed by atoms with Crippen LogP contribution in [0.25, 0.3) is 24.3 Å². The number of rotatable bonds is 0. The Morgan fingerprint density at radius 1 is 1.07 bits per heavy atom. The van der Waals surface area contributed by atoms with Gasteiger partial charge in [-0.2, -0.15) is 0 Å². The fourth-order valence-electron chi connectivity index (χ4n) is 2.27. The zero-order valence-electron chi connectivity index (χ0n) is 8.42. The minimum Gasteiger partial charge on any atom is -0.457 e. The average Bonchev–Trinajstić information content (AvgIpc) is 2.56. The summed E-state index contributed by atoms with van der Waals surface area (Å²) in [6.45, 7) is 2.26. The molecule has 1 heteroatoms. The summed E-state index contributed by atoms with van der Waals surface area (Å²) in [5.74, 6) is 0.652. The summed E-state index contributed by atoms with van der Waals surface area (Å²) in [6.07, 6.45) is 12.5. The zero-order chi connectivity index (χ0) is 9.54. The van der Waals surface area contributed by atoms with Gasteiger partial charge in [0.1, 0.15) is 10.8 Å². The van der Waals surface area contributed by atoms with Crippen molar-refractivity contribution in [2.24, 2.45) is 5.92 Å². The molecule has 0 aliphatic heterocycles. The molecule has 2 aliphatic rings. The van der Waals surface area contributed by atoms with Crippen LogP contribution in [-0.4, -0.2) is 0 Å². The molecule has 0 radical (unpaired) electrons. The maximum absolute atomic E-state index is 5.80. The molecule has 1 aromatic heterocycles. The lowest BCUT2D eigenvalue weighted by Gasteiger charge is -2.03. The molecule has 1 heterocycles. The van der Waals surface area contributed by atoms with Crippen molar-refractivity contribution in [3.05, 3.63) is 21.3 Å². The Labute approximate surface area is 82.7 Å². The standard InChI is InChI=1S/C13H14O/c1-9-6-7-13-11(8-9)10-4-2-3-5-12(10)14-13/h4-5,7-9H,2-3,6H2,1H3. The number of furan rings is 1. The van der Waals surface area contributed by atoms with E-state index in [-0.39, 0.29) is 0 Å². The normalized spacial score (nSPS) is 23.4. The van der Waals surface area contributed by atoms with Crippen molar-refractivity contribution in [1.82, 2.24) is 0 Å². The van der Waals surface area contributed by atoms with Gasteiger partial charge >= 0.3 is 0 Å². The third-order valence-corrected chi connectivity index (χ3v) is 3.01. The van der Waals surface area contributed by atoms with Crippen LogP contribution in [0.3, 0.4) is 0 Å². The van der Waals surface area contributed by atoms with Gasteiger partial charge in [0.15, 0.2) is 0 Å². The zero-order valence-corrected chi connectivity index (χ0v) is 8.42. The van der Waals surface area contributed by atoms with Gasteiger partial charge in [0, 0.05) is 10.4 Å². The van der Waals surface area contributed by atoms with E-state index in [9.17, 15) is 0 Å². The fraction of sp³-hybridized carbons (Fsp3) is 0.385. The second kappa shape index (κ2) is 2.88. The minimum absolute atomic E-state index is 0.652. The molecule has 2 aliphatic carbocycles. The summed E-state index contributed by atoms with van der Waals surface area (Å²) in [6, 6.07) is 0. The number of hydrogen-bond donors (Lipinski definition) is 0. The highest BCUT2D eigenvalue weighted by Crippen LogP contribution is 2.05. The van der Waals surface area contributed by atoms with Gasteiger partial charge < -0.3 is 4.42 Å². The van der Waals surface area contributed by atoms with Crippen LogP contribution in [-0.2, 0) is 0 Å². The summed E-state index contributed by atoms with van der Waals surface area (Å²) in [5, 5.41) is 2.66. The van der Waals surface area contributed by atoms with Crippen LogP contribution in [0.4, 0.5) is 0 Å². The molecule has 3 rings (SSSR count). The molecule has 0 saturated heterocycles. The highest BCUT2D eigenvalue weighted by atomic mass is 16.3. The minimum atomic E-state index is 0.652. The highest BCUT2D eigenvalue weighted by Gasteiger charge is 2.07. The van der Waals surface area contributed by atoms with Crippen molar-refractivity contribution in [3.8, 4) is 0 Å². The third-order valence-electron chi connectivity index (χ3n) is 3.01. The van der Waals surface area contributed by atoms with E-state index in [4.69, 9.17) is 4.42 Å². The maximum atomic E-state index is 5.80. The fourth-order valence-corrected chi connectivity index (χ4v) is 2.27. The van der Waals surface area contributed by atoms with E-state index >= 15 is 0 Å². The lowest BCUT2D eigenvalue weighted by molar-refractivity contribution is 0.492. The molecule has 1 aromatic rings. The van der Waals surface area contributed by atoms with Crippen LogP contribution >= 0.6 is 0 Å². The lowest BCUT2D eigenvalue weighted by atomic mass is 10.0. The Morgan fingerprint density at radius 2 is 1.86 bits per heavy atom. The highest BCUT2D eigenvalue weighted by molar-refractivity contribution is 5.43. The van der Waals surface area contributed by atoms with E-state index in [1.807, 2.05) is 0 Å². The summed E-state index contributed by atoms with van der Waals surface area (Å²) in [5.41, 5.74) is 2.17. The molecule has 0 N–H and O–H groups in total. The Hall–Kier alpha value is -1.24. The molecule has 0 spiro atoms. The van der Waals surface area contributed by atoms with E-state index in [0.29, 0.717) is 5.92 Å². The van der Waals surface area contributed by atoms with E-state index < -0.39 is 0 Å². The molecule has 1 unspecified atom stereocenters. The van der Waals surface area contributed by atoms with Crippen molar-refractivity contribution in [3.63, 3.8) is 0 Å². The Kier molecular flexibility index (Phi) is 1.66. The molecule has 0 aromatic carbocycles. The smallest absolute Gasteiger partial charge is 0.131 e.